The van der Waals surface area contributed by atoms with Gasteiger partial charge in [-0.2, -0.15) is 0 Å². The van der Waals surface area contributed by atoms with Gasteiger partial charge >= 0.3 is 5.97 Å². The Kier molecular flexibility index (Phi) is 5.12. The van der Waals surface area contributed by atoms with Crippen molar-refractivity contribution in [1.29, 1.82) is 0 Å². The van der Waals surface area contributed by atoms with Crippen molar-refractivity contribution in [3.05, 3.63) is 29.8 Å². The molecule has 1 aromatic heterocycles. The number of rotatable bonds is 4. The second-order valence-electron chi connectivity index (χ2n) is 5.24. The van der Waals surface area contributed by atoms with Gasteiger partial charge in [0, 0.05) is 24.7 Å². The number of carboxylic acid groups (broad SMARTS) is 1. The molecule has 3 N–H and O–H groups in total. The van der Waals surface area contributed by atoms with Gasteiger partial charge in [0.05, 0.1) is 7.11 Å². The third-order valence-electron chi connectivity index (χ3n) is 3.76. The molecule has 2 aromatic rings. The van der Waals surface area contributed by atoms with E-state index in [0.717, 1.165) is 6.42 Å². The van der Waals surface area contributed by atoms with E-state index in [1.54, 1.807) is 31.4 Å². The lowest BCUT2D eigenvalue weighted by Crippen LogP contribution is -2.27. The van der Waals surface area contributed by atoms with Gasteiger partial charge in [-0.1, -0.05) is 5.16 Å². The molecule has 1 saturated heterocycles. The predicted octanol–water partition coefficient (Wildman–Crippen LogP) is 2.01. The first-order valence-corrected chi connectivity index (χ1v) is 6.98. The summed E-state index contributed by atoms with van der Waals surface area (Å²) in [4.78, 5) is 13.5. The maximum Gasteiger partial charge on any atom is 0.343 e. The molecule has 0 spiro atoms. The van der Waals surface area contributed by atoms with Crippen LogP contribution in [-0.2, 0) is 0 Å². The Morgan fingerprint density at radius 3 is 2.65 bits per heavy atom. The minimum atomic E-state index is -1.07. The zero-order valence-electron chi connectivity index (χ0n) is 12.6. The summed E-state index contributed by atoms with van der Waals surface area (Å²) in [5.74, 6) is 0.199. The molecule has 0 saturated carbocycles. The van der Waals surface area contributed by atoms with Crippen LogP contribution in [0.1, 0.15) is 16.8 Å². The molecule has 1 fully saturated rings. The van der Waals surface area contributed by atoms with Crippen molar-refractivity contribution >= 4 is 24.2 Å². The quantitative estimate of drug-likeness (QED) is 0.878. The monoisotopic (exact) mass is 339 g/mol. The zero-order chi connectivity index (χ0) is 15.7. The molecule has 1 unspecified atom stereocenters. The molecule has 1 atom stereocenters. The number of nitrogens with zero attached hydrogens (tertiary/aromatic N) is 2. The number of anilines is 1. The molecule has 0 amide bonds. The molecule has 0 bridgehead atoms. The molecule has 3 rings (SSSR count). The van der Waals surface area contributed by atoms with Crippen molar-refractivity contribution in [2.45, 2.75) is 12.5 Å². The van der Waals surface area contributed by atoms with Gasteiger partial charge < -0.3 is 25.0 Å². The molecular weight excluding hydrogens is 322 g/mol. The Labute approximate surface area is 139 Å². The Hall–Kier alpha value is -2.25. The highest BCUT2D eigenvalue weighted by atomic mass is 35.5. The number of ether oxygens (including phenoxy) is 1. The van der Waals surface area contributed by atoms with Crippen LogP contribution in [0.3, 0.4) is 0 Å². The van der Waals surface area contributed by atoms with Crippen molar-refractivity contribution in [3.8, 4) is 17.1 Å². The lowest BCUT2D eigenvalue weighted by molar-refractivity contribution is 0.0698. The third kappa shape index (κ3) is 3.25. The lowest BCUT2D eigenvalue weighted by Gasteiger charge is -2.14. The van der Waals surface area contributed by atoms with Crippen LogP contribution in [0.5, 0.6) is 5.75 Å². The third-order valence-corrected chi connectivity index (χ3v) is 3.76. The molecule has 1 aliphatic heterocycles. The molecule has 8 heteroatoms. The minimum Gasteiger partial charge on any atom is -0.497 e. The van der Waals surface area contributed by atoms with Crippen LogP contribution in [0.15, 0.2) is 28.8 Å². The summed E-state index contributed by atoms with van der Waals surface area (Å²) in [6, 6.07) is 7.00. The smallest absolute Gasteiger partial charge is 0.343 e. The average molecular weight is 340 g/mol. The number of methoxy groups -OCH3 is 1. The topological polar surface area (TPSA) is 102 Å². The highest BCUT2D eigenvalue weighted by Gasteiger charge is 2.30. The van der Waals surface area contributed by atoms with Gasteiger partial charge in [-0.05, 0) is 30.7 Å². The fourth-order valence-electron chi connectivity index (χ4n) is 2.61. The lowest BCUT2D eigenvalue weighted by atomic mass is 10.1. The van der Waals surface area contributed by atoms with E-state index in [9.17, 15) is 9.90 Å². The van der Waals surface area contributed by atoms with Crippen molar-refractivity contribution in [2.75, 3.05) is 25.1 Å². The number of carboxylic acids is 1. The summed E-state index contributed by atoms with van der Waals surface area (Å²) in [6.45, 7) is 1.25. The molecule has 1 aliphatic rings. The van der Waals surface area contributed by atoms with Gasteiger partial charge in [0.15, 0.2) is 17.1 Å². The first kappa shape index (κ1) is 17.1. The molecule has 0 aliphatic carbocycles. The molecule has 7 nitrogen and oxygen atoms in total. The Morgan fingerprint density at radius 2 is 2.13 bits per heavy atom. The average Bonchev–Trinajstić information content (AvgIpc) is 3.13. The van der Waals surface area contributed by atoms with Gasteiger partial charge in [-0.3, -0.25) is 0 Å². The van der Waals surface area contributed by atoms with Crippen LogP contribution in [0, 0.1) is 0 Å². The number of carbonyl (C=O) groups is 1. The summed E-state index contributed by atoms with van der Waals surface area (Å²) in [7, 11) is 1.57. The number of aromatic carboxylic acids is 1. The molecule has 23 heavy (non-hydrogen) atoms. The molecule has 2 heterocycles. The van der Waals surface area contributed by atoms with Crippen LogP contribution in [0.25, 0.3) is 11.3 Å². The Morgan fingerprint density at radius 1 is 1.43 bits per heavy atom. The van der Waals surface area contributed by atoms with E-state index in [0.29, 0.717) is 30.2 Å². The van der Waals surface area contributed by atoms with Gasteiger partial charge in [0.1, 0.15) is 5.75 Å². The number of nitrogens with two attached hydrogens (primary N) is 1. The summed E-state index contributed by atoms with van der Waals surface area (Å²) in [5, 5.41) is 13.5. The maximum absolute atomic E-state index is 11.7. The number of halogens is 1. The van der Waals surface area contributed by atoms with E-state index >= 15 is 0 Å². The van der Waals surface area contributed by atoms with Crippen molar-refractivity contribution in [2.24, 2.45) is 5.73 Å². The van der Waals surface area contributed by atoms with E-state index in [2.05, 4.69) is 5.16 Å². The molecular formula is C15H18ClN3O4. The normalized spacial score (nSPS) is 17.0. The van der Waals surface area contributed by atoms with Gasteiger partial charge in [-0.25, -0.2) is 4.79 Å². The number of benzene rings is 1. The van der Waals surface area contributed by atoms with E-state index in [-0.39, 0.29) is 29.8 Å². The number of hydrogen-bond acceptors (Lipinski definition) is 6. The van der Waals surface area contributed by atoms with Crippen LogP contribution in [0.4, 0.5) is 5.82 Å². The molecule has 0 radical (unpaired) electrons. The van der Waals surface area contributed by atoms with Crippen molar-refractivity contribution in [1.82, 2.24) is 5.16 Å². The fourth-order valence-corrected chi connectivity index (χ4v) is 2.61. The second-order valence-corrected chi connectivity index (χ2v) is 5.24. The van der Waals surface area contributed by atoms with Crippen molar-refractivity contribution < 1.29 is 19.2 Å². The van der Waals surface area contributed by atoms with E-state index in [1.165, 1.54) is 0 Å². The van der Waals surface area contributed by atoms with E-state index in [4.69, 9.17) is 15.0 Å². The Balaban J connectivity index is 0.00000192. The second kappa shape index (κ2) is 6.89. The first-order chi connectivity index (χ1) is 10.6. The van der Waals surface area contributed by atoms with Gasteiger partial charge in [0.25, 0.3) is 0 Å². The Bertz CT molecular complexity index is 687. The SMILES string of the molecule is COc1ccc(-c2onc(N3CCC(N)C3)c2C(=O)O)cc1.Cl. The number of aromatic nitrogens is 1. The summed E-state index contributed by atoms with van der Waals surface area (Å²) >= 11 is 0. The van der Waals surface area contributed by atoms with Crippen LogP contribution >= 0.6 is 12.4 Å². The molecule has 1 aromatic carbocycles. The van der Waals surface area contributed by atoms with Gasteiger partial charge in [-0.15, -0.1) is 12.4 Å². The molecule has 124 valence electrons. The highest BCUT2D eigenvalue weighted by Crippen LogP contribution is 2.33. The van der Waals surface area contributed by atoms with E-state index in [1.807, 2.05) is 4.90 Å². The highest BCUT2D eigenvalue weighted by molar-refractivity contribution is 5.99. The first-order valence-electron chi connectivity index (χ1n) is 6.98. The maximum atomic E-state index is 11.7. The summed E-state index contributed by atoms with van der Waals surface area (Å²) in [5.41, 5.74) is 6.59. The zero-order valence-corrected chi connectivity index (χ0v) is 13.4. The fraction of sp³-hybridized carbons (Fsp3) is 0.333. The minimum absolute atomic E-state index is 0. The van der Waals surface area contributed by atoms with Gasteiger partial charge in [0.2, 0.25) is 0 Å². The van der Waals surface area contributed by atoms with Crippen molar-refractivity contribution in [3.63, 3.8) is 0 Å². The number of hydrogen-bond donors (Lipinski definition) is 2. The standard InChI is InChI=1S/C15H17N3O4.ClH/c1-21-11-4-2-9(3-5-11)13-12(15(19)20)14(17-22-13)18-7-6-10(16)8-18;/h2-5,10H,6-8,16H2,1H3,(H,19,20);1H. The van der Waals surface area contributed by atoms with E-state index < -0.39 is 5.97 Å². The summed E-state index contributed by atoms with van der Waals surface area (Å²) < 4.78 is 10.4. The van der Waals surface area contributed by atoms with Crippen LogP contribution in [-0.4, -0.2) is 42.5 Å². The predicted molar refractivity (Wildman–Crippen MR) is 87.5 cm³/mol. The summed E-state index contributed by atoms with van der Waals surface area (Å²) in [6.07, 6.45) is 0.809. The van der Waals surface area contributed by atoms with Crippen LogP contribution < -0.4 is 15.4 Å². The van der Waals surface area contributed by atoms with Crippen LogP contribution in [0.2, 0.25) is 0 Å². The largest absolute Gasteiger partial charge is 0.497 e.